The van der Waals surface area contributed by atoms with Gasteiger partial charge >= 0.3 is 5.97 Å². The largest absolute Gasteiger partial charge is 0.488 e. The normalized spacial score (nSPS) is 16.4. The van der Waals surface area contributed by atoms with Crippen molar-refractivity contribution in [3.63, 3.8) is 0 Å². The van der Waals surface area contributed by atoms with Crippen LogP contribution in [0.1, 0.15) is 28.8 Å². The predicted octanol–water partition coefficient (Wildman–Crippen LogP) is 4.75. The van der Waals surface area contributed by atoms with Gasteiger partial charge in [0.1, 0.15) is 19.0 Å². The number of carbonyl (C=O) groups is 1. The summed E-state index contributed by atoms with van der Waals surface area (Å²) >= 11 is 0. The molecule has 1 saturated heterocycles. The maximum Gasteiger partial charge on any atom is 0.338 e. The van der Waals surface area contributed by atoms with E-state index < -0.39 is 0 Å². The number of carbonyl (C=O) groups excluding carboxylic acids is 1. The van der Waals surface area contributed by atoms with Gasteiger partial charge in [0.05, 0.1) is 11.7 Å². The molecule has 1 atom stereocenters. The van der Waals surface area contributed by atoms with Crippen molar-refractivity contribution in [1.82, 2.24) is 0 Å². The van der Waals surface area contributed by atoms with Crippen LogP contribution >= 0.6 is 0 Å². The zero-order valence-corrected chi connectivity index (χ0v) is 15.1. The Labute approximate surface area is 158 Å². The summed E-state index contributed by atoms with van der Waals surface area (Å²) in [5.41, 5.74) is 1.46. The van der Waals surface area contributed by atoms with E-state index in [1.807, 2.05) is 48.5 Å². The molecule has 0 N–H and O–H groups in total. The van der Waals surface area contributed by atoms with Gasteiger partial charge in [-0.05, 0) is 42.0 Å². The summed E-state index contributed by atoms with van der Waals surface area (Å²) in [7, 11) is 0. The lowest BCUT2D eigenvalue weighted by Crippen LogP contribution is -2.18. The molecule has 4 nitrogen and oxygen atoms in total. The second-order valence-corrected chi connectivity index (χ2v) is 6.70. The van der Waals surface area contributed by atoms with Crippen LogP contribution in [0.15, 0.2) is 66.7 Å². The molecule has 3 aromatic rings. The van der Waals surface area contributed by atoms with Crippen LogP contribution in [-0.2, 0) is 16.1 Å². The fourth-order valence-corrected chi connectivity index (χ4v) is 3.30. The average molecular weight is 362 g/mol. The van der Waals surface area contributed by atoms with E-state index in [4.69, 9.17) is 14.2 Å². The van der Waals surface area contributed by atoms with Crippen molar-refractivity contribution >= 4 is 16.7 Å². The highest BCUT2D eigenvalue weighted by molar-refractivity contribution is 5.89. The molecule has 1 fully saturated rings. The van der Waals surface area contributed by atoms with Crippen molar-refractivity contribution in [3.05, 3.63) is 77.9 Å². The van der Waals surface area contributed by atoms with Crippen LogP contribution in [0.4, 0.5) is 0 Å². The SMILES string of the molecule is O=C(OC[C@@H]1CCCO1)c1cccc(COc2cccc3ccccc23)c1. The minimum absolute atomic E-state index is 0.0341. The van der Waals surface area contributed by atoms with E-state index in [0.29, 0.717) is 18.8 Å². The van der Waals surface area contributed by atoms with E-state index in [1.54, 1.807) is 6.07 Å². The first kappa shape index (κ1) is 17.6. The summed E-state index contributed by atoms with van der Waals surface area (Å²) in [5.74, 6) is 0.511. The van der Waals surface area contributed by atoms with Gasteiger partial charge in [0.15, 0.2) is 0 Å². The Morgan fingerprint density at radius 1 is 1.04 bits per heavy atom. The van der Waals surface area contributed by atoms with Gasteiger partial charge in [0.2, 0.25) is 0 Å². The first-order chi connectivity index (χ1) is 13.3. The van der Waals surface area contributed by atoms with Crippen molar-refractivity contribution in [2.45, 2.75) is 25.6 Å². The highest BCUT2D eigenvalue weighted by atomic mass is 16.6. The van der Waals surface area contributed by atoms with Crippen LogP contribution in [0.2, 0.25) is 0 Å². The number of benzene rings is 3. The maximum absolute atomic E-state index is 12.3. The second-order valence-electron chi connectivity index (χ2n) is 6.70. The second kappa shape index (κ2) is 8.23. The minimum atomic E-state index is -0.322. The molecule has 0 saturated carbocycles. The van der Waals surface area contributed by atoms with Crippen molar-refractivity contribution in [1.29, 1.82) is 0 Å². The van der Waals surface area contributed by atoms with Gasteiger partial charge in [-0.15, -0.1) is 0 Å². The molecule has 4 rings (SSSR count). The van der Waals surface area contributed by atoms with Gasteiger partial charge < -0.3 is 14.2 Å². The molecular formula is C23H22O4. The molecule has 138 valence electrons. The number of esters is 1. The number of rotatable bonds is 6. The molecule has 4 heteroatoms. The number of hydrogen-bond donors (Lipinski definition) is 0. The Balaban J connectivity index is 1.40. The quantitative estimate of drug-likeness (QED) is 0.593. The first-order valence-electron chi connectivity index (χ1n) is 9.28. The van der Waals surface area contributed by atoms with E-state index in [2.05, 4.69) is 12.1 Å². The molecule has 3 aromatic carbocycles. The van der Waals surface area contributed by atoms with Crippen molar-refractivity contribution in [2.75, 3.05) is 13.2 Å². The Morgan fingerprint density at radius 3 is 2.78 bits per heavy atom. The third-order valence-corrected chi connectivity index (χ3v) is 4.73. The van der Waals surface area contributed by atoms with Crippen LogP contribution in [0.25, 0.3) is 10.8 Å². The summed E-state index contributed by atoms with van der Waals surface area (Å²) in [6, 6.07) is 21.5. The van der Waals surface area contributed by atoms with Crippen molar-refractivity contribution in [2.24, 2.45) is 0 Å². The Bertz CT molecular complexity index is 923. The van der Waals surface area contributed by atoms with E-state index in [-0.39, 0.29) is 12.1 Å². The van der Waals surface area contributed by atoms with E-state index in [0.717, 1.165) is 41.5 Å². The van der Waals surface area contributed by atoms with Crippen LogP contribution in [0.5, 0.6) is 5.75 Å². The first-order valence-corrected chi connectivity index (χ1v) is 9.28. The fraction of sp³-hybridized carbons (Fsp3) is 0.261. The highest BCUT2D eigenvalue weighted by Crippen LogP contribution is 2.26. The molecule has 0 amide bonds. The molecule has 0 aromatic heterocycles. The molecular weight excluding hydrogens is 340 g/mol. The minimum Gasteiger partial charge on any atom is -0.488 e. The van der Waals surface area contributed by atoms with Gasteiger partial charge in [-0.2, -0.15) is 0 Å². The smallest absolute Gasteiger partial charge is 0.338 e. The predicted molar refractivity (Wildman–Crippen MR) is 104 cm³/mol. The Morgan fingerprint density at radius 2 is 1.89 bits per heavy atom. The van der Waals surface area contributed by atoms with Crippen molar-refractivity contribution < 1.29 is 19.0 Å². The summed E-state index contributed by atoms with van der Waals surface area (Å²) in [5, 5.41) is 2.22. The molecule has 27 heavy (non-hydrogen) atoms. The van der Waals surface area contributed by atoms with Crippen LogP contribution in [0, 0.1) is 0 Å². The molecule has 1 heterocycles. The molecule has 0 unspecified atom stereocenters. The van der Waals surface area contributed by atoms with Crippen LogP contribution in [-0.4, -0.2) is 25.3 Å². The van der Waals surface area contributed by atoms with Crippen molar-refractivity contribution in [3.8, 4) is 5.75 Å². The summed E-state index contributed by atoms with van der Waals surface area (Å²) in [6.45, 7) is 1.46. The standard InChI is InChI=1S/C23H22O4/c24-23(27-16-20-10-5-13-25-20)19-9-3-6-17(14-19)15-26-22-12-4-8-18-7-1-2-11-21(18)22/h1-4,6-9,11-12,14,20H,5,10,13,15-16H2/t20-/m0/s1. The molecule has 0 aliphatic carbocycles. The Kier molecular flexibility index (Phi) is 5.35. The zero-order chi connectivity index (χ0) is 18.5. The molecule has 1 aliphatic rings. The number of ether oxygens (including phenoxy) is 3. The summed E-state index contributed by atoms with van der Waals surface area (Å²) in [4.78, 5) is 12.3. The van der Waals surface area contributed by atoms with Crippen LogP contribution in [0.3, 0.4) is 0 Å². The third-order valence-electron chi connectivity index (χ3n) is 4.73. The third kappa shape index (κ3) is 4.29. The molecule has 0 bridgehead atoms. The molecule has 1 aliphatic heterocycles. The van der Waals surface area contributed by atoms with Gasteiger partial charge in [-0.1, -0.05) is 48.5 Å². The average Bonchev–Trinajstić information content (AvgIpc) is 3.24. The molecule has 0 radical (unpaired) electrons. The van der Waals surface area contributed by atoms with Gasteiger partial charge in [-0.3, -0.25) is 0 Å². The van der Waals surface area contributed by atoms with Gasteiger partial charge in [0, 0.05) is 12.0 Å². The Hall–Kier alpha value is -2.85. The number of hydrogen-bond acceptors (Lipinski definition) is 4. The topological polar surface area (TPSA) is 44.8 Å². The maximum atomic E-state index is 12.3. The lowest BCUT2D eigenvalue weighted by molar-refractivity contribution is 0.0161. The van der Waals surface area contributed by atoms with E-state index >= 15 is 0 Å². The lowest BCUT2D eigenvalue weighted by Gasteiger charge is -2.12. The summed E-state index contributed by atoms with van der Waals surface area (Å²) in [6.07, 6.45) is 2.02. The van der Waals surface area contributed by atoms with Gasteiger partial charge in [0.25, 0.3) is 0 Å². The van der Waals surface area contributed by atoms with Crippen LogP contribution < -0.4 is 4.74 Å². The summed E-state index contributed by atoms with van der Waals surface area (Å²) < 4.78 is 16.9. The van der Waals surface area contributed by atoms with Gasteiger partial charge in [-0.25, -0.2) is 4.79 Å². The monoisotopic (exact) mass is 362 g/mol. The zero-order valence-electron chi connectivity index (χ0n) is 15.1. The fourth-order valence-electron chi connectivity index (χ4n) is 3.30. The molecule has 0 spiro atoms. The highest BCUT2D eigenvalue weighted by Gasteiger charge is 2.18. The van der Waals surface area contributed by atoms with E-state index in [1.165, 1.54) is 0 Å². The van der Waals surface area contributed by atoms with E-state index in [9.17, 15) is 4.79 Å². The number of fused-ring (bicyclic) bond motifs is 1. The lowest BCUT2D eigenvalue weighted by atomic mass is 10.1.